The minimum atomic E-state index is 0.000968. The summed E-state index contributed by atoms with van der Waals surface area (Å²) in [5.41, 5.74) is 3.24. The van der Waals surface area contributed by atoms with Crippen molar-refractivity contribution in [1.82, 2.24) is 19.5 Å². The van der Waals surface area contributed by atoms with Gasteiger partial charge in [-0.15, -0.1) is 0 Å². The van der Waals surface area contributed by atoms with Crippen LogP contribution in [0, 0.1) is 12.1 Å². The Labute approximate surface area is 137 Å². The Morgan fingerprint density at radius 2 is 2.08 bits per heavy atom. The van der Waals surface area contributed by atoms with E-state index in [0.717, 1.165) is 23.1 Å². The van der Waals surface area contributed by atoms with Crippen LogP contribution in [0.1, 0.15) is 31.4 Å². The van der Waals surface area contributed by atoms with Crippen molar-refractivity contribution in [2.75, 3.05) is 0 Å². The van der Waals surface area contributed by atoms with Crippen LogP contribution in [0.5, 0.6) is 0 Å². The smallest absolute Gasteiger partial charge is 0.241 e. The Balaban J connectivity index is 1.80. The normalized spacial score (nSPS) is 16.1. The summed E-state index contributed by atoms with van der Waals surface area (Å²) in [4.78, 5) is 8.98. The number of hydrogen-bond acceptors (Lipinski definition) is 5. The summed E-state index contributed by atoms with van der Waals surface area (Å²) < 4.78 is 8.26. The van der Waals surface area contributed by atoms with Crippen LogP contribution in [0.25, 0.3) is 28.1 Å². The molecule has 0 radical (unpaired) electrons. The van der Waals surface area contributed by atoms with Crippen LogP contribution >= 0.6 is 0 Å². The van der Waals surface area contributed by atoms with Gasteiger partial charge < -0.3 is 9.73 Å². The minimum absolute atomic E-state index is 0.000968. The van der Waals surface area contributed by atoms with Gasteiger partial charge in [0.15, 0.2) is 0 Å². The average molecular weight is 321 g/mol. The molecule has 1 aliphatic rings. The fourth-order valence-electron chi connectivity index (χ4n) is 3.12. The molecule has 120 valence electrons. The highest BCUT2D eigenvalue weighted by molar-refractivity contribution is 5.82. The van der Waals surface area contributed by atoms with Gasteiger partial charge in [0.2, 0.25) is 22.9 Å². The standard InChI is InChI=1S/C17H15N5O2/c1-10-14-13(15-19-16(24-20-15)17(2)7-8-17)18-9-21(14)11-5-3-4-6-12(11)22(10)23/h3-6,9H,7-8H2,1-2H3. The molecule has 7 nitrogen and oxygen atoms in total. The van der Waals surface area contributed by atoms with Gasteiger partial charge in [0.05, 0.1) is 0 Å². The fourth-order valence-corrected chi connectivity index (χ4v) is 3.12. The lowest BCUT2D eigenvalue weighted by Gasteiger charge is -2.08. The molecule has 0 aliphatic heterocycles. The molecule has 7 heteroatoms. The molecule has 3 heterocycles. The van der Waals surface area contributed by atoms with E-state index in [9.17, 15) is 5.21 Å². The third-order valence-electron chi connectivity index (χ3n) is 4.93. The monoisotopic (exact) mass is 321 g/mol. The summed E-state index contributed by atoms with van der Waals surface area (Å²) in [7, 11) is 0. The molecule has 0 saturated heterocycles. The van der Waals surface area contributed by atoms with E-state index in [-0.39, 0.29) is 5.41 Å². The highest BCUT2D eigenvalue weighted by Crippen LogP contribution is 2.47. The molecule has 0 amide bonds. The number of nitrogens with zero attached hydrogens (tertiary/aromatic N) is 5. The molecular formula is C17H15N5O2. The van der Waals surface area contributed by atoms with E-state index >= 15 is 0 Å². The van der Waals surface area contributed by atoms with Crippen LogP contribution in [0.2, 0.25) is 0 Å². The van der Waals surface area contributed by atoms with Crippen molar-refractivity contribution in [2.45, 2.75) is 32.1 Å². The summed E-state index contributed by atoms with van der Waals surface area (Å²) >= 11 is 0. The number of aromatic nitrogens is 5. The highest BCUT2D eigenvalue weighted by Gasteiger charge is 2.44. The number of imidazole rings is 1. The predicted octanol–water partition coefficient (Wildman–Crippen LogP) is 2.53. The molecule has 0 N–H and O–H groups in total. The lowest BCUT2D eigenvalue weighted by atomic mass is 10.1. The van der Waals surface area contributed by atoms with Crippen molar-refractivity contribution in [1.29, 1.82) is 0 Å². The molecule has 1 fully saturated rings. The lowest BCUT2D eigenvalue weighted by molar-refractivity contribution is -0.583. The Morgan fingerprint density at radius 3 is 2.88 bits per heavy atom. The van der Waals surface area contributed by atoms with E-state index in [2.05, 4.69) is 22.0 Å². The zero-order valence-electron chi connectivity index (χ0n) is 13.4. The largest absolute Gasteiger partial charge is 0.618 e. The van der Waals surface area contributed by atoms with Crippen molar-refractivity contribution < 1.29 is 9.25 Å². The predicted molar refractivity (Wildman–Crippen MR) is 86.3 cm³/mol. The van der Waals surface area contributed by atoms with Gasteiger partial charge in [-0.1, -0.05) is 24.2 Å². The third-order valence-corrected chi connectivity index (χ3v) is 4.93. The van der Waals surface area contributed by atoms with Crippen molar-refractivity contribution in [2.24, 2.45) is 0 Å². The number of rotatable bonds is 2. The maximum absolute atomic E-state index is 12.6. The van der Waals surface area contributed by atoms with E-state index in [0.29, 0.717) is 34.1 Å². The number of hydrogen-bond donors (Lipinski definition) is 0. The van der Waals surface area contributed by atoms with Crippen molar-refractivity contribution in [3.05, 3.63) is 47.4 Å². The number of benzene rings is 1. The molecule has 0 spiro atoms. The lowest BCUT2D eigenvalue weighted by Crippen LogP contribution is -2.32. The van der Waals surface area contributed by atoms with Gasteiger partial charge in [-0.3, -0.25) is 4.40 Å². The van der Waals surface area contributed by atoms with Gasteiger partial charge in [-0.25, -0.2) is 4.98 Å². The summed E-state index contributed by atoms with van der Waals surface area (Å²) in [5, 5.41) is 16.7. The second kappa shape index (κ2) is 4.31. The summed E-state index contributed by atoms with van der Waals surface area (Å²) in [6.45, 7) is 3.89. The molecule has 1 aromatic carbocycles. The van der Waals surface area contributed by atoms with Crippen molar-refractivity contribution in [3.63, 3.8) is 0 Å². The Kier molecular flexibility index (Phi) is 2.42. The van der Waals surface area contributed by atoms with Crippen molar-refractivity contribution >= 4 is 16.6 Å². The number of para-hydroxylation sites is 2. The maximum Gasteiger partial charge on any atom is 0.241 e. The topological polar surface area (TPSA) is 83.2 Å². The van der Waals surface area contributed by atoms with Crippen LogP contribution < -0.4 is 4.73 Å². The van der Waals surface area contributed by atoms with Gasteiger partial charge in [-0.05, 0) is 18.9 Å². The molecule has 1 saturated carbocycles. The van der Waals surface area contributed by atoms with Crippen molar-refractivity contribution in [3.8, 4) is 11.5 Å². The second-order valence-corrected chi connectivity index (χ2v) is 6.66. The first kappa shape index (κ1) is 13.5. The van der Waals surface area contributed by atoms with Crippen LogP contribution in [0.15, 0.2) is 35.1 Å². The van der Waals surface area contributed by atoms with E-state index in [4.69, 9.17) is 4.52 Å². The molecule has 0 bridgehead atoms. The van der Waals surface area contributed by atoms with E-state index < -0.39 is 0 Å². The molecule has 0 atom stereocenters. The molecule has 0 unspecified atom stereocenters. The van der Waals surface area contributed by atoms with Gasteiger partial charge >= 0.3 is 0 Å². The zero-order chi connectivity index (χ0) is 16.5. The van der Waals surface area contributed by atoms with Gasteiger partial charge in [0, 0.05) is 18.4 Å². The summed E-state index contributed by atoms with van der Waals surface area (Å²) in [6.07, 6.45) is 3.82. The molecule has 1 aliphatic carbocycles. The van der Waals surface area contributed by atoms with Gasteiger partial charge in [0.25, 0.3) is 0 Å². The first-order valence-electron chi connectivity index (χ1n) is 7.91. The second-order valence-electron chi connectivity index (χ2n) is 6.66. The maximum atomic E-state index is 12.6. The first-order chi connectivity index (χ1) is 11.6. The highest BCUT2D eigenvalue weighted by atomic mass is 16.5. The minimum Gasteiger partial charge on any atom is -0.618 e. The molecule has 3 aromatic heterocycles. The summed E-state index contributed by atoms with van der Waals surface area (Å²) in [5.74, 6) is 1.08. The SMILES string of the molecule is Cc1c2c(-c3noc(C4(C)CC4)n3)ncn2c2ccccc2[n+]1[O-]. The fraction of sp³-hybridized carbons (Fsp3) is 0.294. The average Bonchev–Trinajstić information content (AvgIpc) is 3.04. The Hall–Kier alpha value is -2.96. The van der Waals surface area contributed by atoms with E-state index in [1.165, 1.54) is 0 Å². The van der Waals surface area contributed by atoms with Crippen LogP contribution in [-0.2, 0) is 5.41 Å². The number of aryl methyl sites for hydroxylation is 1. The molecule has 24 heavy (non-hydrogen) atoms. The first-order valence-corrected chi connectivity index (χ1v) is 7.91. The quantitative estimate of drug-likeness (QED) is 0.418. The van der Waals surface area contributed by atoms with Crippen LogP contribution in [-0.4, -0.2) is 19.5 Å². The zero-order valence-corrected chi connectivity index (χ0v) is 13.4. The third kappa shape index (κ3) is 1.66. The van der Waals surface area contributed by atoms with E-state index in [1.807, 2.05) is 22.6 Å². The van der Waals surface area contributed by atoms with E-state index in [1.54, 1.807) is 19.3 Å². The molecule has 4 aromatic rings. The van der Waals surface area contributed by atoms with Crippen LogP contribution in [0.3, 0.4) is 0 Å². The Bertz CT molecular complexity index is 1110. The summed E-state index contributed by atoms with van der Waals surface area (Å²) in [6, 6.07) is 7.45. The molecule has 5 rings (SSSR count). The Morgan fingerprint density at radius 1 is 1.29 bits per heavy atom. The van der Waals surface area contributed by atoms with Gasteiger partial charge in [0.1, 0.15) is 23.1 Å². The number of fused-ring (bicyclic) bond motifs is 3. The van der Waals surface area contributed by atoms with Crippen LogP contribution in [0.4, 0.5) is 0 Å². The molecular weight excluding hydrogens is 306 g/mol. The van der Waals surface area contributed by atoms with Gasteiger partial charge in [-0.2, -0.15) is 9.71 Å².